The highest BCUT2D eigenvalue weighted by Crippen LogP contribution is 2.11. The summed E-state index contributed by atoms with van der Waals surface area (Å²) < 4.78 is 6.79. The van der Waals surface area contributed by atoms with Crippen molar-refractivity contribution in [2.24, 2.45) is 0 Å². The molecule has 0 aliphatic rings. The van der Waals surface area contributed by atoms with Crippen LogP contribution >= 0.6 is 0 Å². The maximum absolute atomic E-state index is 4.91. The molecule has 8 nitrogen and oxygen atoms in total. The average molecular weight is 259 g/mol. The zero-order valence-electron chi connectivity index (χ0n) is 10.7. The van der Waals surface area contributed by atoms with Crippen LogP contribution in [0.3, 0.4) is 0 Å². The van der Waals surface area contributed by atoms with Crippen molar-refractivity contribution in [2.75, 3.05) is 11.9 Å². The Morgan fingerprint density at radius 2 is 2.21 bits per heavy atom. The number of aromatic nitrogens is 6. The van der Waals surface area contributed by atoms with Gasteiger partial charge in [-0.05, 0) is 6.92 Å². The Bertz CT molecular complexity index is 702. The fraction of sp³-hybridized carbons (Fsp3) is 0.364. The van der Waals surface area contributed by atoms with Gasteiger partial charge in [0.15, 0.2) is 11.6 Å². The smallest absolute Gasteiger partial charge is 0.223 e. The SMILES string of the molecule is Cc1nc(CCNc2nccn3c(C)nnc23)no1. The minimum absolute atomic E-state index is 0.573. The van der Waals surface area contributed by atoms with Gasteiger partial charge in [0.25, 0.3) is 0 Å². The molecular formula is C11H13N7O. The van der Waals surface area contributed by atoms with Crippen molar-refractivity contribution in [1.82, 2.24) is 29.7 Å². The number of hydrogen-bond donors (Lipinski definition) is 1. The van der Waals surface area contributed by atoms with Gasteiger partial charge in [-0.25, -0.2) is 4.98 Å². The van der Waals surface area contributed by atoms with E-state index in [1.54, 1.807) is 13.1 Å². The highest BCUT2D eigenvalue weighted by molar-refractivity contribution is 5.61. The molecule has 0 radical (unpaired) electrons. The van der Waals surface area contributed by atoms with Crippen LogP contribution in [0.1, 0.15) is 17.5 Å². The Morgan fingerprint density at radius 3 is 3.00 bits per heavy atom. The van der Waals surface area contributed by atoms with E-state index in [4.69, 9.17) is 4.52 Å². The maximum Gasteiger partial charge on any atom is 0.223 e. The largest absolute Gasteiger partial charge is 0.366 e. The van der Waals surface area contributed by atoms with Crippen LogP contribution in [0, 0.1) is 13.8 Å². The van der Waals surface area contributed by atoms with E-state index in [-0.39, 0.29) is 0 Å². The van der Waals surface area contributed by atoms with Crippen LogP contribution in [0.4, 0.5) is 5.82 Å². The van der Waals surface area contributed by atoms with E-state index < -0.39 is 0 Å². The van der Waals surface area contributed by atoms with Gasteiger partial charge in [0.1, 0.15) is 5.82 Å². The average Bonchev–Trinajstić information content (AvgIpc) is 2.98. The van der Waals surface area contributed by atoms with Crippen LogP contribution in [0.15, 0.2) is 16.9 Å². The molecule has 0 unspecified atom stereocenters. The molecule has 0 atom stereocenters. The quantitative estimate of drug-likeness (QED) is 0.739. The van der Waals surface area contributed by atoms with E-state index >= 15 is 0 Å². The Balaban J connectivity index is 1.71. The van der Waals surface area contributed by atoms with Gasteiger partial charge in [-0.3, -0.25) is 4.40 Å². The normalized spacial score (nSPS) is 11.1. The fourth-order valence-electron chi connectivity index (χ4n) is 1.80. The number of anilines is 1. The van der Waals surface area contributed by atoms with Crippen LogP contribution in [0.2, 0.25) is 0 Å². The molecule has 0 saturated heterocycles. The van der Waals surface area contributed by atoms with E-state index in [1.807, 2.05) is 17.5 Å². The molecule has 0 fully saturated rings. The second-order valence-electron chi connectivity index (χ2n) is 4.12. The van der Waals surface area contributed by atoms with E-state index in [0.717, 1.165) is 5.82 Å². The van der Waals surface area contributed by atoms with Crippen molar-refractivity contribution in [1.29, 1.82) is 0 Å². The highest BCUT2D eigenvalue weighted by atomic mass is 16.5. The standard InChI is InChI=1S/C11H13N7O/c1-7-15-16-11-10(13-5-6-18(7)11)12-4-3-9-14-8(2)19-17-9/h5-6H,3-4H2,1-2H3,(H,12,13). The Morgan fingerprint density at radius 1 is 1.32 bits per heavy atom. The number of nitrogens with zero attached hydrogens (tertiary/aromatic N) is 6. The number of hydrogen-bond acceptors (Lipinski definition) is 7. The van der Waals surface area contributed by atoms with E-state index in [9.17, 15) is 0 Å². The predicted molar refractivity (Wildman–Crippen MR) is 66.7 cm³/mol. The van der Waals surface area contributed by atoms with Gasteiger partial charge in [-0.15, -0.1) is 10.2 Å². The molecule has 3 heterocycles. The van der Waals surface area contributed by atoms with Gasteiger partial charge in [-0.1, -0.05) is 5.16 Å². The molecule has 19 heavy (non-hydrogen) atoms. The number of rotatable bonds is 4. The molecular weight excluding hydrogens is 246 g/mol. The van der Waals surface area contributed by atoms with Gasteiger partial charge in [0.2, 0.25) is 11.5 Å². The first-order valence-electron chi connectivity index (χ1n) is 5.93. The summed E-state index contributed by atoms with van der Waals surface area (Å²) in [5.74, 6) is 2.77. The molecule has 0 amide bonds. The third-order valence-electron chi connectivity index (χ3n) is 2.71. The summed E-state index contributed by atoms with van der Waals surface area (Å²) in [7, 11) is 0. The van der Waals surface area contributed by atoms with Crippen molar-refractivity contribution >= 4 is 11.5 Å². The molecule has 98 valence electrons. The van der Waals surface area contributed by atoms with Crippen LogP contribution in [0.5, 0.6) is 0 Å². The molecule has 3 rings (SSSR count). The zero-order chi connectivity index (χ0) is 13.2. The Labute approximate surface area is 108 Å². The minimum atomic E-state index is 0.573. The summed E-state index contributed by atoms with van der Waals surface area (Å²) in [5, 5.41) is 15.1. The molecule has 1 N–H and O–H groups in total. The predicted octanol–water partition coefficient (Wildman–Crippen LogP) is 0.779. The summed E-state index contributed by atoms with van der Waals surface area (Å²) in [5.41, 5.74) is 0.712. The molecule has 0 spiro atoms. The summed E-state index contributed by atoms with van der Waals surface area (Å²) in [6.45, 7) is 4.31. The lowest BCUT2D eigenvalue weighted by atomic mass is 10.4. The first-order chi connectivity index (χ1) is 9.24. The molecule has 0 bridgehead atoms. The third kappa shape index (κ3) is 2.24. The maximum atomic E-state index is 4.91. The first kappa shape index (κ1) is 11.6. The van der Waals surface area contributed by atoms with Crippen LogP contribution < -0.4 is 5.32 Å². The second kappa shape index (κ2) is 4.63. The third-order valence-corrected chi connectivity index (χ3v) is 2.71. The lowest BCUT2D eigenvalue weighted by molar-refractivity contribution is 0.387. The lowest BCUT2D eigenvalue weighted by Gasteiger charge is -2.04. The lowest BCUT2D eigenvalue weighted by Crippen LogP contribution is -2.08. The Hall–Kier alpha value is -2.51. The van der Waals surface area contributed by atoms with E-state index in [0.29, 0.717) is 36.1 Å². The van der Waals surface area contributed by atoms with Crippen molar-refractivity contribution in [2.45, 2.75) is 20.3 Å². The van der Waals surface area contributed by atoms with Gasteiger partial charge >= 0.3 is 0 Å². The van der Waals surface area contributed by atoms with Gasteiger partial charge in [0.05, 0.1) is 0 Å². The van der Waals surface area contributed by atoms with Crippen molar-refractivity contribution in [3.63, 3.8) is 0 Å². The van der Waals surface area contributed by atoms with Crippen LogP contribution in [-0.2, 0) is 6.42 Å². The monoisotopic (exact) mass is 259 g/mol. The van der Waals surface area contributed by atoms with Gasteiger partial charge < -0.3 is 9.84 Å². The first-order valence-corrected chi connectivity index (χ1v) is 5.93. The summed E-state index contributed by atoms with van der Waals surface area (Å²) >= 11 is 0. The van der Waals surface area contributed by atoms with Crippen molar-refractivity contribution in [3.8, 4) is 0 Å². The summed E-state index contributed by atoms with van der Waals surface area (Å²) in [6.07, 6.45) is 4.20. The molecule has 0 saturated carbocycles. The summed E-state index contributed by atoms with van der Waals surface area (Å²) in [6, 6.07) is 0. The number of aryl methyl sites for hydroxylation is 2. The topological polar surface area (TPSA) is 94.0 Å². The van der Waals surface area contributed by atoms with Crippen LogP contribution in [0.25, 0.3) is 5.65 Å². The molecule has 0 aromatic carbocycles. The van der Waals surface area contributed by atoms with Crippen molar-refractivity contribution in [3.05, 3.63) is 29.9 Å². The zero-order valence-corrected chi connectivity index (χ0v) is 10.7. The van der Waals surface area contributed by atoms with Crippen molar-refractivity contribution < 1.29 is 4.52 Å². The van der Waals surface area contributed by atoms with Crippen LogP contribution in [-0.4, -0.2) is 36.3 Å². The number of nitrogens with one attached hydrogen (secondary N) is 1. The van der Waals surface area contributed by atoms with Gasteiger partial charge in [0, 0.05) is 32.3 Å². The minimum Gasteiger partial charge on any atom is -0.366 e. The fourth-order valence-corrected chi connectivity index (χ4v) is 1.80. The van der Waals surface area contributed by atoms with E-state index in [2.05, 4.69) is 30.6 Å². The molecule has 0 aliphatic carbocycles. The number of fused-ring (bicyclic) bond motifs is 1. The van der Waals surface area contributed by atoms with E-state index in [1.165, 1.54) is 0 Å². The molecule has 3 aromatic rings. The molecule has 8 heteroatoms. The molecule has 0 aliphatic heterocycles. The Kier molecular flexibility index (Phi) is 2.82. The molecule has 3 aromatic heterocycles. The highest BCUT2D eigenvalue weighted by Gasteiger charge is 2.08. The summed E-state index contributed by atoms with van der Waals surface area (Å²) in [4.78, 5) is 8.39. The second-order valence-corrected chi connectivity index (χ2v) is 4.12. The van der Waals surface area contributed by atoms with Gasteiger partial charge in [-0.2, -0.15) is 4.98 Å².